The van der Waals surface area contributed by atoms with E-state index in [4.69, 9.17) is 14.5 Å². The fraction of sp³-hybridized carbons (Fsp3) is 0.233. The number of amides is 1. The number of carbonyl (C=O) groups excluding carboxylic acids is 2. The van der Waals surface area contributed by atoms with E-state index in [1.807, 2.05) is 45.0 Å². The number of hydrogen-bond acceptors (Lipinski definition) is 7. The molecule has 0 aliphatic carbocycles. The van der Waals surface area contributed by atoms with Crippen LogP contribution < -0.4 is 14.4 Å². The number of rotatable bonds is 4. The number of nitrogens with zero attached hydrogens (tertiary/aromatic N) is 2. The third-order valence-electron chi connectivity index (χ3n) is 7.05. The van der Waals surface area contributed by atoms with Crippen LogP contribution in [0.1, 0.15) is 40.8 Å². The number of aromatic nitrogens is 1. The molecule has 2 aliphatic heterocycles. The van der Waals surface area contributed by atoms with Gasteiger partial charge in [0.25, 0.3) is 5.78 Å². The highest BCUT2D eigenvalue weighted by molar-refractivity contribution is 7.22. The van der Waals surface area contributed by atoms with E-state index in [1.165, 1.54) is 16.2 Å². The number of ketones is 1. The Bertz CT molecular complexity index is 1670. The van der Waals surface area contributed by atoms with E-state index in [9.17, 15) is 14.7 Å². The molecule has 2 aliphatic rings. The summed E-state index contributed by atoms with van der Waals surface area (Å²) < 4.78 is 12.2. The number of thiazole rings is 1. The molecule has 1 fully saturated rings. The minimum absolute atomic E-state index is 0.0160. The number of aliphatic hydroxyl groups is 1. The number of hydrogen-bond donors (Lipinski definition) is 1. The van der Waals surface area contributed by atoms with Crippen LogP contribution in [0.5, 0.6) is 11.5 Å². The molecule has 0 unspecified atom stereocenters. The van der Waals surface area contributed by atoms with Crippen LogP contribution >= 0.6 is 11.3 Å². The van der Waals surface area contributed by atoms with Gasteiger partial charge in [-0.25, -0.2) is 4.98 Å². The van der Waals surface area contributed by atoms with Crippen LogP contribution in [0.3, 0.4) is 0 Å². The highest BCUT2D eigenvalue weighted by Gasteiger charge is 2.48. The fourth-order valence-corrected chi connectivity index (χ4v) is 6.51. The lowest BCUT2D eigenvalue weighted by atomic mass is 9.94. The Kier molecular flexibility index (Phi) is 5.72. The lowest BCUT2D eigenvalue weighted by Crippen LogP contribution is -2.29. The second-order valence-electron chi connectivity index (χ2n) is 9.83. The van der Waals surface area contributed by atoms with Gasteiger partial charge in [-0.2, -0.15) is 0 Å². The molecule has 38 heavy (non-hydrogen) atoms. The van der Waals surface area contributed by atoms with Gasteiger partial charge in [0.2, 0.25) is 0 Å². The van der Waals surface area contributed by atoms with Crippen molar-refractivity contribution in [2.24, 2.45) is 0 Å². The van der Waals surface area contributed by atoms with Crippen molar-refractivity contribution in [2.75, 3.05) is 12.0 Å². The van der Waals surface area contributed by atoms with Crippen LogP contribution in [0, 0.1) is 13.8 Å². The topological polar surface area (TPSA) is 89.0 Å². The largest absolute Gasteiger partial charge is 0.507 e. The molecule has 4 aromatic rings. The second-order valence-corrected chi connectivity index (χ2v) is 10.8. The maximum Gasteiger partial charge on any atom is 0.301 e. The molecular weight excluding hydrogens is 500 g/mol. The van der Waals surface area contributed by atoms with Crippen LogP contribution in [0.25, 0.3) is 16.0 Å². The number of Topliss-reactive ketones (excluding diaryl/α,β-unsaturated/α-hetero) is 1. The number of ether oxygens (including phenoxy) is 2. The predicted molar refractivity (Wildman–Crippen MR) is 147 cm³/mol. The second kappa shape index (κ2) is 8.99. The summed E-state index contributed by atoms with van der Waals surface area (Å²) in [5.41, 5.74) is 4.93. The summed E-state index contributed by atoms with van der Waals surface area (Å²) in [7, 11) is 1.56. The van der Waals surface area contributed by atoms with E-state index >= 15 is 0 Å². The van der Waals surface area contributed by atoms with Gasteiger partial charge in [-0.3, -0.25) is 14.5 Å². The van der Waals surface area contributed by atoms with Gasteiger partial charge >= 0.3 is 5.91 Å². The smallest absolute Gasteiger partial charge is 0.301 e. The van der Waals surface area contributed by atoms with Gasteiger partial charge < -0.3 is 14.6 Å². The van der Waals surface area contributed by atoms with E-state index in [-0.39, 0.29) is 17.4 Å². The van der Waals surface area contributed by atoms with Crippen LogP contribution in [-0.2, 0) is 16.0 Å². The van der Waals surface area contributed by atoms with Crippen LogP contribution in [0.4, 0.5) is 5.13 Å². The van der Waals surface area contributed by atoms with Crippen LogP contribution in [0.15, 0.2) is 60.2 Å². The first-order valence-electron chi connectivity index (χ1n) is 12.4. The van der Waals surface area contributed by atoms with Crippen molar-refractivity contribution in [1.29, 1.82) is 0 Å². The van der Waals surface area contributed by atoms with Gasteiger partial charge in [-0.15, -0.1) is 0 Å². The average molecular weight is 527 g/mol. The number of carbonyl (C=O) groups is 2. The number of aliphatic hydroxyl groups excluding tert-OH is 1. The van der Waals surface area contributed by atoms with Gasteiger partial charge in [-0.05, 0) is 79.4 Å². The Labute approximate surface area is 224 Å². The van der Waals surface area contributed by atoms with Gasteiger partial charge in [0.05, 0.1) is 28.9 Å². The minimum atomic E-state index is -0.879. The molecule has 192 valence electrons. The highest BCUT2D eigenvalue weighted by atomic mass is 32.1. The average Bonchev–Trinajstić information content (AvgIpc) is 3.56. The monoisotopic (exact) mass is 526 g/mol. The normalized spacial score (nSPS) is 20.2. The first-order valence-corrected chi connectivity index (χ1v) is 13.2. The van der Waals surface area contributed by atoms with Crippen molar-refractivity contribution in [2.45, 2.75) is 39.3 Å². The lowest BCUT2D eigenvalue weighted by molar-refractivity contribution is -0.132. The van der Waals surface area contributed by atoms with Crippen molar-refractivity contribution < 1.29 is 24.2 Å². The molecule has 0 bridgehead atoms. The maximum atomic E-state index is 13.6. The molecule has 3 aromatic carbocycles. The van der Waals surface area contributed by atoms with Crippen LogP contribution in [0.2, 0.25) is 0 Å². The summed E-state index contributed by atoms with van der Waals surface area (Å²) >= 11 is 1.35. The summed E-state index contributed by atoms with van der Waals surface area (Å²) in [6, 6.07) is 15.7. The molecule has 1 aromatic heterocycles. The molecule has 8 heteroatoms. The molecule has 3 heterocycles. The Morgan fingerprint density at radius 2 is 1.95 bits per heavy atom. The number of fused-ring (bicyclic) bond motifs is 2. The minimum Gasteiger partial charge on any atom is -0.507 e. The first kappa shape index (κ1) is 24.2. The van der Waals surface area contributed by atoms with E-state index in [1.54, 1.807) is 37.4 Å². The zero-order chi connectivity index (χ0) is 26.7. The molecule has 0 saturated carbocycles. The van der Waals surface area contributed by atoms with Crippen molar-refractivity contribution in [1.82, 2.24) is 4.98 Å². The molecule has 1 amide bonds. The number of aryl methyl sites for hydroxylation is 2. The molecule has 0 radical (unpaired) electrons. The third kappa shape index (κ3) is 3.83. The highest BCUT2D eigenvalue weighted by Crippen LogP contribution is 2.45. The summed E-state index contributed by atoms with van der Waals surface area (Å²) in [6.45, 7) is 5.97. The zero-order valence-electron chi connectivity index (χ0n) is 21.4. The Morgan fingerprint density at radius 3 is 2.74 bits per heavy atom. The summed E-state index contributed by atoms with van der Waals surface area (Å²) in [6.07, 6.45) is 0.741. The fourth-order valence-electron chi connectivity index (χ4n) is 5.34. The predicted octanol–water partition coefficient (Wildman–Crippen LogP) is 5.87. The van der Waals surface area contributed by atoms with Crippen LogP contribution in [-0.4, -0.2) is 35.0 Å². The Balaban J connectivity index is 1.55. The molecule has 6 rings (SSSR count). The number of anilines is 1. The van der Waals surface area contributed by atoms with E-state index in [2.05, 4.69) is 0 Å². The van der Waals surface area contributed by atoms with Crippen molar-refractivity contribution >= 4 is 44.1 Å². The van der Waals surface area contributed by atoms with Gasteiger partial charge in [-0.1, -0.05) is 29.5 Å². The Hall–Kier alpha value is -4.17. The first-order chi connectivity index (χ1) is 18.2. The third-order valence-corrected chi connectivity index (χ3v) is 8.05. The van der Waals surface area contributed by atoms with Crippen molar-refractivity contribution in [3.05, 3.63) is 88.0 Å². The molecular formula is C30H26N2O5S. The van der Waals surface area contributed by atoms with Gasteiger partial charge in [0.15, 0.2) is 5.13 Å². The quantitative estimate of drug-likeness (QED) is 0.203. The van der Waals surface area contributed by atoms with Gasteiger partial charge in [0, 0.05) is 12.0 Å². The zero-order valence-corrected chi connectivity index (χ0v) is 22.3. The SMILES string of the molecule is COc1cccc([C@H]2/C(=C(\O)c3ccc4c(c3)C[C@@H](C)O4)C(=O)C(=O)N2c2nc3c(C)cc(C)cc3s2)c1. The molecule has 0 spiro atoms. The summed E-state index contributed by atoms with van der Waals surface area (Å²) in [4.78, 5) is 33.4. The number of benzene rings is 3. The van der Waals surface area contributed by atoms with Crippen molar-refractivity contribution in [3.63, 3.8) is 0 Å². The maximum absolute atomic E-state index is 13.6. The molecule has 7 nitrogen and oxygen atoms in total. The van der Waals surface area contributed by atoms with E-state index in [0.717, 1.165) is 32.7 Å². The lowest BCUT2D eigenvalue weighted by Gasteiger charge is -2.23. The molecule has 2 atom stereocenters. The van der Waals surface area contributed by atoms with Gasteiger partial charge in [0.1, 0.15) is 23.4 Å². The summed E-state index contributed by atoms with van der Waals surface area (Å²) in [5.74, 6) is -0.376. The summed E-state index contributed by atoms with van der Waals surface area (Å²) in [5, 5.41) is 11.9. The Morgan fingerprint density at radius 1 is 1.13 bits per heavy atom. The van der Waals surface area contributed by atoms with E-state index in [0.29, 0.717) is 28.4 Å². The molecule has 1 N–H and O–H groups in total. The van der Waals surface area contributed by atoms with E-state index < -0.39 is 17.7 Å². The number of methoxy groups -OCH3 is 1. The van der Waals surface area contributed by atoms with Crippen molar-refractivity contribution in [3.8, 4) is 11.5 Å². The standard InChI is InChI=1S/C30H26N2O5S/c1-15-10-16(2)25-23(11-15)38-30(31-25)32-26(18-6-5-7-21(14-18)36-4)24(28(34)29(32)35)27(33)19-8-9-22-20(13-19)12-17(3)37-22/h5-11,13-14,17,26,33H,12H2,1-4H3/b27-24+/t17-,26+/m1/s1. The molecule has 1 saturated heterocycles.